The summed E-state index contributed by atoms with van der Waals surface area (Å²) in [5.41, 5.74) is -0.804. The second kappa shape index (κ2) is 7.31. The minimum atomic E-state index is -3.39. The number of para-hydroxylation sites is 1. The molecule has 3 saturated heterocycles. The molecule has 3 atom stereocenters. The first-order valence-electron chi connectivity index (χ1n) is 9.92. The topological polar surface area (TPSA) is 76.2 Å². The van der Waals surface area contributed by atoms with Crippen LogP contribution in [0.25, 0.3) is 0 Å². The Morgan fingerprint density at radius 1 is 1.29 bits per heavy atom. The lowest BCUT2D eigenvalue weighted by atomic mass is 9.99. The van der Waals surface area contributed by atoms with Crippen molar-refractivity contribution in [2.24, 2.45) is 5.92 Å². The van der Waals surface area contributed by atoms with Gasteiger partial charge in [0.25, 0.3) is 5.91 Å². The molecular weight excluding hydrogens is 380 g/mol. The highest BCUT2D eigenvalue weighted by Gasteiger charge is 2.65. The summed E-state index contributed by atoms with van der Waals surface area (Å²) in [6, 6.07) is 9.21. The minimum absolute atomic E-state index is 0.0543. The van der Waals surface area contributed by atoms with Gasteiger partial charge in [0.1, 0.15) is 16.6 Å². The fourth-order valence-electron chi connectivity index (χ4n) is 4.50. The van der Waals surface area contributed by atoms with Crippen molar-refractivity contribution in [2.75, 3.05) is 32.8 Å². The van der Waals surface area contributed by atoms with E-state index in [2.05, 4.69) is 13.8 Å². The summed E-state index contributed by atoms with van der Waals surface area (Å²) < 4.78 is 39.4. The van der Waals surface area contributed by atoms with Crippen molar-refractivity contribution in [1.29, 1.82) is 0 Å². The third-order valence-corrected chi connectivity index (χ3v) is 8.30. The van der Waals surface area contributed by atoms with E-state index in [9.17, 15) is 13.2 Å². The molecule has 3 heterocycles. The summed E-state index contributed by atoms with van der Waals surface area (Å²) >= 11 is 0. The van der Waals surface area contributed by atoms with E-state index < -0.39 is 20.9 Å². The first kappa shape index (κ1) is 19.7. The van der Waals surface area contributed by atoms with Crippen molar-refractivity contribution in [2.45, 2.75) is 43.6 Å². The van der Waals surface area contributed by atoms with Crippen LogP contribution in [0.5, 0.6) is 5.75 Å². The Labute approximate surface area is 166 Å². The zero-order valence-electron chi connectivity index (χ0n) is 16.4. The van der Waals surface area contributed by atoms with Gasteiger partial charge in [-0.05, 0) is 30.9 Å². The van der Waals surface area contributed by atoms with Crippen molar-refractivity contribution in [1.82, 2.24) is 9.21 Å². The van der Waals surface area contributed by atoms with E-state index in [4.69, 9.17) is 9.47 Å². The molecule has 0 saturated carbocycles. The van der Waals surface area contributed by atoms with Gasteiger partial charge in [0.2, 0.25) is 10.0 Å². The maximum atomic E-state index is 13.0. The molecule has 3 aliphatic heterocycles. The second-order valence-electron chi connectivity index (χ2n) is 8.47. The Bertz CT molecular complexity index is 828. The molecule has 3 fully saturated rings. The van der Waals surface area contributed by atoms with Gasteiger partial charge >= 0.3 is 0 Å². The van der Waals surface area contributed by atoms with E-state index >= 15 is 0 Å². The summed E-state index contributed by atoms with van der Waals surface area (Å²) in [5.74, 6) is 0.947. The Kier molecular flexibility index (Phi) is 5.14. The number of benzene rings is 1. The van der Waals surface area contributed by atoms with E-state index in [1.165, 1.54) is 0 Å². The standard InChI is InChI=1S/C20H28N2O5S/c1-15(2)8-9-22-14-20-13-21(11-17(27-20)10-18(20)28(22,24)25)19(23)12-26-16-6-4-3-5-7-16/h3-7,15,17-18H,8-14H2,1-2H3/t17-,18+,20+/m1/s1. The molecule has 1 amide bonds. The number of sulfonamides is 1. The number of ether oxygens (including phenoxy) is 2. The van der Waals surface area contributed by atoms with Gasteiger partial charge in [-0.1, -0.05) is 32.0 Å². The quantitative estimate of drug-likeness (QED) is 0.713. The van der Waals surface area contributed by atoms with Gasteiger partial charge in [-0.25, -0.2) is 8.42 Å². The highest BCUT2D eigenvalue weighted by atomic mass is 32.2. The average Bonchev–Trinajstić information content (AvgIpc) is 3.04. The third-order valence-electron chi connectivity index (χ3n) is 5.93. The maximum Gasteiger partial charge on any atom is 0.260 e. The van der Waals surface area contributed by atoms with Crippen molar-refractivity contribution in [3.63, 3.8) is 0 Å². The van der Waals surface area contributed by atoms with E-state index in [0.29, 0.717) is 44.3 Å². The predicted octanol–water partition coefficient (Wildman–Crippen LogP) is 1.50. The average molecular weight is 409 g/mol. The Hall–Kier alpha value is -1.64. The molecule has 4 rings (SSSR count). The van der Waals surface area contributed by atoms with Gasteiger partial charge in [-0.15, -0.1) is 0 Å². The number of likely N-dealkylation sites (tertiary alicyclic amines) is 1. The van der Waals surface area contributed by atoms with Crippen LogP contribution in [-0.4, -0.2) is 73.3 Å². The molecule has 28 heavy (non-hydrogen) atoms. The molecule has 0 aromatic heterocycles. The summed E-state index contributed by atoms with van der Waals surface area (Å²) in [6.07, 6.45) is 1.06. The van der Waals surface area contributed by atoms with Crippen molar-refractivity contribution in [3.8, 4) is 5.75 Å². The maximum absolute atomic E-state index is 13.0. The molecule has 0 aliphatic carbocycles. The molecule has 7 nitrogen and oxygen atoms in total. The number of hydrogen-bond acceptors (Lipinski definition) is 5. The molecule has 154 valence electrons. The van der Waals surface area contributed by atoms with Crippen LogP contribution in [0.15, 0.2) is 30.3 Å². The molecule has 0 unspecified atom stereocenters. The predicted molar refractivity (Wildman–Crippen MR) is 104 cm³/mol. The summed E-state index contributed by atoms with van der Waals surface area (Å²) in [6.45, 7) is 5.70. The van der Waals surface area contributed by atoms with Crippen molar-refractivity contribution in [3.05, 3.63) is 30.3 Å². The summed E-state index contributed by atoms with van der Waals surface area (Å²) in [4.78, 5) is 14.4. The number of nitrogens with zero attached hydrogens (tertiary/aromatic N) is 2. The second-order valence-corrected chi connectivity index (χ2v) is 10.6. The Morgan fingerprint density at radius 2 is 2.04 bits per heavy atom. The molecule has 0 radical (unpaired) electrons. The lowest BCUT2D eigenvalue weighted by Gasteiger charge is -2.39. The number of fused-ring (bicyclic) bond motifs is 1. The highest BCUT2D eigenvalue weighted by molar-refractivity contribution is 7.90. The number of amides is 1. The van der Waals surface area contributed by atoms with Crippen LogP contribution in [0, 0.1) is 5.92 Å². The van der Waals surface area contributed by atoms with Gasteiger partial charge in [0, 0.05) is 19.6 Å². The van der Waals surface area contributed by atoms with Crippen LogP contribution in [-0.2, 0) is 19.6 Å². The zero-order valence-corrected chi connectivity index (χ0v) is 17.2. The van der Waals surface area contributed by atoms with E-state index in [1.54, 1.807) is 21.3 Å². The van der Waals surface area contributed by atoms with Crippen molar-refractivity contribution < 1.29 is 22.7 Å². The van der Waals surface area contributed by atoms with Crippen molar-refractivity contribution >= 4 is 15.9 Å². The first-order chi connectivity index (χ1) is 13.3. The summed E-state index contributed by atoms with van der Waals surface area (Å²) in [5, 5.41) is -0.551. The normalized spacial score (nSPS) is 31.2. The fraction of sp³-hybridized carbons (Fsp3) is 0.650. The van der Waals surface area contributed by atoms with Crippen LogP contribution in [0.3, 0.4) is 0 Å². The third kappa shape index (κ3) is 3.53. The van der Waals surface area contributed by atoms with E-state index in [0.717, 1.165) is 6.42 Å². The smallest absolute Gasteiger partial charge is 0.260 e. The SMILES string of the molecule is CC(C)CCN1C[C@@]23CN(C(=O)COc4ccccc4)C[C@@H](C[C@@H]2S1(=O)=O)O3. The molecule has 8 heteroatoms. The van der Waals surface area contributed by atoms with Gasteiger partial charge in [0.05, 0.1) is 12.6 Å². The van der Waals surface area contributed by atoms with Gasteiger partial charge < -0.3 is 14.4 Å². The largest absolute Gasteiger partial charge is 0.484 e. The Morgan fingerprint density at radius 3 is 2.75 bits per heavy atom. The number of morpholine rings is 1. The van der Waals surface area contributed by atoms with E-state index in [1.807, 2.05) is 18.2 Å². The highest BCUT2D eigenvalue weighted by Crippen LogP contribution is 2.46. The Balaban J connectivity index is 1.44. The van der Waals surface area contributed by atoms with Gasteiger partial charge in [0.15, 0.2) is 6.61 Å². The monoisotopic (exact) mass is 408 g/mol. The first-order valence-corrected chi connectivity index (χ1v) is 11.4. The fourth-order valence-corrected chi connectivity index (χ4v) is 6.82. The molecular formula is C20H28N2O5S. The number of rotatable bonds is 6. The van der Waals surface area contributed by atoms with Crippen LogP contribution in [0.1, 0.15) is 26.7 Å². The lowest BCUT2D eigenvalue weighted by Crippen LogP contribution is -2.57. The van der Waals surface area contributed by atoms with Gasteiger partial charge in [-0.2, -0.15) is 4.31 Å². The van der Waals surface area contributed by atoms with Crippen LogP contribution >= 0.6 is 0 Å². The molecule has 0 N–H and O–H groups in total. The summed E-state index contributed by atoms with van der Waals surface area (Å²) in [7, 11) is -3.39. The van der Waals surface area contributed by atoms with Crippen LogP contribution < -0.4 is 4.74 Å². The number of carbonyl (C=O) groups excluding carboxylic acids is 1. The number of carbonyl (C=O) groups is 1. The molecule has 3 aliphatic rings. The molecule has 1 aromatic rings. The number of hydrogen-bond donors (Lipinski definition) is 0. The van der Waals surface area contributed by atoms with E-state index in [-0.39, 0.29) is 18.6 Å². The zero-order chi connectivity index (χ0) is 19.9. The van der Waals surface area contributed by atoms with Crippen LogP contribution in [0.2, 0.25) is 0 Å². The molecule has 1 aromatic carbocycles. The molecule has 2 bridgehead atoms. The lowest BCUT2D eigenvalue weighted by molar-refractivity contribution is -0.152. The van der Waals surface area contributed by atoms with Gasteiger partial charge in [-0.3, -0.25) is 4.79 Å². The minimum Gasteiger partial charge on any atom is -0.484 e. The molecule has 1 spiro atoms. The van der Waals surface area contributed by atoms with Crippen LogP contribution in [0.4, 0.5) is 0 Å².